The number of esters is 1. The molecule has 0 radical (unpaired) electrons. The Hall–Kier alpha value is -3.09. The Kier molecular flexibility index (Phi) is 10.4. The predicted molar refractivity (Wildman–Crippen MR) is 146 cm³/mol. The molecule has 3 aromatic rings. The number of amides is 1. The van der Waals surface area contributed by atoms with Gasteiger partial charge in [0, 0.05) is 17.2 Å². The molecule has 1 amide bonds. The molecule has 1 unspecified atom stereocenters. The van der Waals surface area contributed by atoms with Gasteiger partial charge in [0.25, 0.3) is 13.4 Å². The number of nitrogens with zero attached hydrogens (tertiary/aromatic N) is 4. The molecule has 0 spiro atoms. The molecule has 0 saturated heterocycles. The van der Waals surface area contributed by atoms with E-state index in [-0.39, 0.29) is 24.6 Å². The predicted octanol–water partition coefficient (Wildman–Crippen LogP) is 3.00. The fourth-order valence-electron chi connectivity index (χ4n) is 3.53. The molecule has 0 aliphatic carbocycles. The molecule has 0 aliphatic heterocycles. The van der Waals surface area contributed by atoms with Crippen LogP contribution in [0.1, 0.15) is 38.1 Å². The van der Waals surface area contributed by atoms with E-state index >= 15 is 0 Å². The summed E-state index contributed by atoms with van der Waals surface area (Å²) in [7, 11) is -3.88. The van der Waals surface area contributed by atoms with E-state index in [2.05, 4.69) is 25.1 Å². The Morgan fingerprint density at radius 3 is 2.59 bits per heavy atom. The number of nitrogen functional groups attached to an aromatic ring is 1. The summed E-state index contributed by atoms with van der Waals surface area (Å²) in [5.41, 5.74) is 5.62. The number of carbonyl (C=O) groups is 2. The Morgan fingerprint density at radius 2 is 1.90 bits per heavy atom. The number of nitrogens with one attached hydrogen (secondary N) is 2. The average Bonchev–Trinajstić information content (AvgIpc) is 3.29. The minimum absolute atomic E-state index is 0.0275. The van der Waals surface area contributed by atoms with Crippen molar-refractivity contribution in [3.05, 3.63) is 47.5 Å². The maximum Gasteiger partial charge on any atom is 0.326 e. The van der Waals surface area contributed by atoms with Crippen molar-refractivity contribution < 1.29 is 28.4 Å². The molecule has 4 N–H and O–H groups in total. The first-order chi connectivity index (χ1) is 18.4. The van der Waals surface area contributed by atoms with Gasteiger partial charge in [-0.25, -0.2) is 20.0 Å². The lowest BCUT2D eigenvalue weighted by Gasteiger charge is -2.31. The van der Waals surface area contributed by atoms with Crippen LogP contribution in [0.15, 0.2) is 36.9 Å². The minimum atomic E-state index is -3.88. The number of rotatable bonds is 14. The number of anilines is 1. The van der Waals surface area contributed by atoms with Crippen molar-refractivity contribution >= 4 is 47.9 Å². The molecule has 0 aliphatic rings. The molecule has 2 heterocycles. The summed E-state index contributed by atoms with van der Waals surface area (Å²) in [5.74, 6) is -1.05. The van der Waals surface area contributed by atoms with E-state index < -0.39 is 37.3 Å². The van der Waals surface area contributed by atoms with E-state index in [0.29, 0.717) is 29.3 Å². The summed E-state index contributed by atoms with van der Waals surface area (Å²) in [5, 5.41) is 5.74. The molecule has 2 aromatic heterocycles. The highest BCUT2D eigenvalue weighted by Gasteiger charge is 2.39. The monoisotopic (exact) mass is 581 g/mol. The van der Waals surface area contributed by atoms with Crippen molar-refractivity contribution in [3.8, 4) is 0 Å². The summed E-state index contributed by atoms with van der Waals surface area (Å²) in [6, 6.07) is 6.07. The number of nitrogens with two attached hydrogens (primary N) is 1. The van der Waals surface area contributed by atoms with Crippen LogP contribution >= 0.6 is 19.0 Å². The highest BCUT2D eigenvalue weighted by molar-refractivity contribution is 7.60. The third kappa shape index (κ3) is 8.45. The average molecular weight is 582 g/mol. The van der Waals surface area contributed by atoms with Crippen molar-refractivity contribution in [1.82, 2.24) is 29.7 Å². The molecular weight excluding hydrogens is 549 g/mol. The topological polar surface area (TPSA) is 173 Å². The van der Waals surface area contributed by atoms with Gasteiger partial charge in [0.05, 0.1) is 25.6 Å². The second-order valence-corrected chi connectivity index (χ2v) is 11.8. The molecule has 0 saturated carbocycles. The summed E-state index contributed by atoms with van der Waals surface area (Å²) in [6.45, 7) is 7.62. The van der Waals surface area contributed by atoms with Crippen LogP contribution in [0.2, 0.25) is 5.02 Å². The van der Waals surface area contributed by atoms with Gasteiger partial charge in [0.2, 0.25) is 0 Å². The van der Waals surface area contributed by atoms with E-state index in [1.54, 1.807) is 30.0 Å². The van der Waals surface area contributed by atoms with Gasteiger partial charge in [-0.1, -0.05) is 11.6 Å². The zero-order chi connectivity index (χ0) is 28.6. The van der Waals surface area contributed by atoms with Crippen molar-refractivity contribution in [3.63, 3.8) is 0 Å². The van der Waals surface area contributed by atoms with Crippen LogP contribution in [0.4, 0.5) is 5.82 Å². The first-order valence-corrected chi connectivity index (χ1v) is 14.5. The number of hydrogen-bond acceptors (Lipinski definition) is 10. The number of halogens is 1. The van der Waals surface area contributed by atoms with Crippen LogP contribution in [-0.2, 0) is 30.1 Å². The molecule has 3 rings (SSSR count). The fraction of sp³-hybridized carbons (Fsp3) is 0.458. The van der Waals surface area contributed by atoms with Gasteiger partial charge in [-0.15, -0.1) is 0 Å². The molecule has 15 heteroatoms. The molecule has 1 aromatic carbocycles. The Balaban J connectivity index is 1.74. The molecule has 2 atom stereocenters. The Labute approximate surface area is 231 Å². The van der Waals surface area contributed by atoms with Gasteiger partial charge >= 0.3 is 5.97 Å². The maximum atomic E-state index is 14.0. The van der Waals surface area contributed by atoms with E-state index in [1.165, 1.54) is 32.3 Å². The second-order valence-electron chi connectivity index (χ2n) is 9.19. The van der Waals surface area contributed by atoms with Crippen molar-refractivity contribution in [2.45, 2.75) is 45.9 Å². The number of carbonyl (C=O) groups excluding carboxylic acids is 2. The van der Waals surface area contributed by atoms with E-state index in [1.807, 2.05) is 6.92 Å². The van der Waals surface area contributed by atoms with Crippen LogP contribution in [0.3, 0.4) is 0 Å². The molecule has 39 heavy (non-hydrogen) atoms. The zero-order valence-corrected chi connectivity index (χ0v) is 23.9. The van der Waals surface area contributed by atoms with Crippen LogP contribution in [0, 0.1) is 0 Å². The highest BCUT2D eigenvalue weighted by Crippen LogP contribution is 2.40. The largest absolute Gasteiger partial charge is 0.462 e. The zero-order valence-electron chi connectivity index (χ0n) is 22.2. The summed E-state index contributed by atoms with van der Waals surface area (Å²) in [6.07, 6.45) is 1.97. The van der Waals surface area contributed by atoms with Gasteiger partial charge in [0.15, 0.2) is 11.5 Å². The van der Waals surface area contributed by atoms with Gasteiger partial charge in [0.1, 0.15) is 30.3 Å². The fourth-order valence-corrected chi connectivity index (χ4v) is 5.76. The van der Waals surface area contributed by atoms with Gasteiger partial charge in [-0.3, -0.25) is 19.2 Å². The molecule has 212 valence electrons. The molecule has 0 fully saturated rings. The lowest BCUT2D eigenvalue weighted by Crippen LogP contribution is -2.49. The standard InChI is InChI=1S/C24H33ClN7O6P/c1-5-36-10-11-37-23(34)24(3,4)31-39(35,30-22(33)17-6-8-18(25)9-7-17)15-38-16(2)12-32-14-29-19-20(26)27-13-28-21(19)32/h6-9,13-14,16H,5,10-12,15H2,1-4H3,(H2,26,27,28)(H2,30,31,33,35)/t16-,39?/m1/s1. The number of imidazole rings is 1. The lowest BCUT2D eigenvalue weighted by atomic mass is 10.1. The summed E-state index contributed by atoms with van der Waals surface area (Å²) >= 11 is 5.92. The number of benzene rings is 1. The van der Waals surface area contributed by atoms with Crippen molar-refractivity contribution in [2.75, 3.05) is 31.9 Å². The van der Waals surface area contributed by atoms with Crippen LogP contribution in [-0.4, -0.2) is 69.2 Å². The van der Waals surface area contributed by atoms with Gasteiger partial charge < -0.3 is 24.5 Å². The smallest absolute Gasteiger partial charge is 0.326 e. The number of ether oxygens (including phenoxy) is 3. The SMILES string of the molecule is CCOCCOC(=O)C(C)(C)NP(=O)(CO[C@H](C)Cn1cnc2c(N)ncnc21)NC(=O)c1ccc(Cl)cc1. The normalized spacial score (nSPS) is 14.1. The summed E-state index contributed by atoms with van der Waals surface area (Å²) in [4.78, 5) is 38.1. The second kappa shape index (κ2) is 13.3. The van der Waals surface area contributed by atoms with E-state index in [9.17, 15) is 14.2 Å². The van der Waals surface area contributed by atoms with Crippen molar-refractivity contribution in [1.29, 1.82) is 0 Å². The van der Waals surface area contributed by atoms with Gasteiger partial charge in [-0.05, 0) is 52.0 Å². The summed E-state index contributed by atoms with van der Waals surface area (Å²) < 4.78 is 32.1. The lowest BCUT2D eigenvalue weighted by molar-refractivity contribution is -0.151. The third-order valence-electron chi connectivity index (χ3n) is 5.45. The molecular formula is C24H33ClN7O6P. The third-order valence-corrected chi connectivity index (χ3v) is 7.70. The number of hydrogen-bond donors (Lipinski definition) is 3. The highest BCUT2D eigenvalue weighted by atomic mass is 35.5. The molecule has 0 bridgehead atoms. The maximum absolute atomic E-state index is 14.0. The van der Waals surface area contributed by atoms with Gasteiger partial charge in [-0.2, -0.15) is 0 Å². The minimum Gasteiger partial charge on any atom is -0.462 e. The Morgan fingerprint density at radius 1 is 1.18 bits per heavy atom. The van der Waals surface area contributed by atoms with E-state index in [4.69, 9.17) is 31.5 Å². The first kappa shape index (κ1) is 30.5. The van der Waals surface area contributed by atoms with Crippen LogP contribution in [0.5, 0.6) is 0 Å². The van der Waals surface area contributed by atoms with E-state index in [0.717, 1.165) is 0 Å². The number of aromatic nitrogens is 4. The Bertz CT molecular complexity index is 1330. The number of fused-ring (bicyclic) bond motifs is 1. The first-order valence-electron chi connectivity index (χ1n) is 12.2. The quantitative estimate of drug-likeness (QED) is 0.145. The van der Waals surface area contributed by atoms with Crippen LogP contribution in [0.25, 0.3) is 11.2 Å². The van der Waals surface area contributed by atoms with Crippen molar-refractivity contribution in [2.24, 2.45) is 0 Å². The van der Waals surface area contributed by atoms with Crippen LogP contribution < -0.4 is 15.9 Å². The molecule has 13 nitrogen and oxygen atoms in total.